The fraction of sp³-hybridized carbons (Fsp3) is 0.500. The van der Waals surface area contributed by atoms with Crippen LogP contribution in [0.3, 0.4) is 0 Å². The molecule has 0 aliphatic rings. The van der Waals surface area contributed by atoms with Gasteiger partial charge in [-0.25, -0.2) is 0 Å². The maximum atomic E-state index is 9.61. The first-order chi connectivity index (χ1) is 4.54. The standard InChI is InChI=1S/2C2H4O2.2Sn/c2*1-2(3)4;;/h2*1H3,(H,3,4);;/q;;2*+1/p-2. The Kier molecular flexibility index (Phi) is 12.5. The quantitative estimate of drug-likeness (QED) is 0.538. The Morgan fingerprint density at radius 2 is 1.10 bits per heavy atom. The van der Waals surface area contributed by atoms with Crippen LogP contribution >= 0.6 is 0 Å². The summed E-state index contributed by atoms with van der Waals surface area (Å²) in [5, 5.41) is 0. The maximum absolute atomic E-state index is 9.61. The minimum atomic E-state index is -0.205. The third-order valence-electron chi connectivity index (χ3n) is 0.287. The van der Waals surface area contributed by atoms with Gasteiger partial charge >= 0.3 is 87.4 Å². The first-order valence-corrected chi connectivity index (χ1v) is 4.56. The van der Waals surface area contributed by atoms with Gasteiger partial charge in [0.15, 0.2) is 0 Å². The number of rotatable bonds is 0. The van der Waals surface area contributed by atoms with Crippen LogP contribution in [0, 0.1) is 0 Å². The summed E-state index contributed by atoms with van der Waals surface area (Å²) in [5.74, 6) is -0.411. The summed E-state index contributed by atoms with van der Waals surface area (Å²) >= 11 is 1.63. The van der Waals surface area contributed by atoms with E-state index in [9.17, 15) is 9.59 Å². The van der Waals surface area contributed by atoms with E-state index in [4.69, 9.17) is 0 Å². The zero-order valence-corrected chi connectivity index (χ0v) is 11.3. The van der Waals surface area contributed by atoms with Crippen molar-refractivity contribution in [3.05, 3.63) is 0 Å². The van der Waals surface area contributed by atoms with Crippen molar-refractivity contribution in [2.75, 3.05) is 0 Å². The van der Waals surface area contributed by atoms with E-state index in [1.165, 1.54) is 13.8 Å². The van der Waals surface area contributed by atoms with Crippen molar-refractivity contribution < 1.29 is 15.7 Å². The molecule has 0 spiro atoms. The van der Waals surface area contributed by atoms with Crippen LogP contribution < -0.4 is 0 Å². The predicted molar refractivity (Wildman–Crippen MR) is 35.0 cm³/mol. The molecule has 0 atom stereocenters. The van der Waals surface area contributed by atoms with Gasteiger partial charge in [-0.3, -0.25) is 0 Å². The average molecular weight is 356 g/mol. The van der Waals surface area contributed by atoms with E-state index in [1.807, 2.05) is 0 Å². The summed E-state index contributed by atoms with van der Waals surface area (Å²) in [4.78, 5) is 19.2. The van der Waals surface area contributed by atoms with E-state index in [2.05, 4.69) is 6.15 Å². The van der Waals surface area contributed by atoms with Crippen molar-refractivity contribution >= 4 is 57.8 Å². The van der Waals surface area contributed by atoms with Crippen LogP contribution in [0.1, 0.15) is 13.8 Å². The molecular formula is C4H6O4Sn2. The van der Waals surface area contributed by atoms with Crippen molar-refractivity contribution in [3.63, 3.8) is 0 Å². The predicted octanol–water partition coefficient (Wildman–Crippen LogP) is -0.734. The van der Waals surface area contributed by atoms with Crippen molar-refractivity contribution in [3.8, 4) is 0 Å². The molecule has 6 radical (unpaired) electrons. The topological polar surface area (TPSA) is 52.6 Å². The molecule has 0 aromatic rings. The van der Waals surface area contributed by atoms with Crippen molar-refractivity contribution in [2.24, 2.45) is 0 Å². The third-order valence-corrected chi connectivity index (χ3v) is 1.93. The van der Waals surface area contributed by atoms with Crippen LogP contribution in [0.2, 0.25) is 0 Å². The van der Waals surface area contributed by atoms with Crippen LogP contribution in [-0.4, -0.2) is 57.8 Å². The first kappa shape index (κ1) is 13.2. The van der Waals surface area contributed by atoms with Crippen LogP contribution in [-0.2, 0) is 15.7 Å². The van der Waals surface area contributed by atoms with E-state index in [1.54, 1.807) is 0 Å². The molecule has 0 saturated carbocycles. The normalized spacial score (nSPS) is 6.80. The van der Waals surface area contributed by atoms with E-state index in [-0.39, 0.29) is 11.9 Å². The molecule has 0 bridgehead atoms. The van der Waals surface area contributed by atoms with Crippen molar-refractivity contribution in [2.45, 2.75) is 13.8 Å². The molecule has 10 heavy (non-hydrogen) atoms. The molecule has 0 amide bonds. The molecule has 0 aliphatic heterocycles. The first-order valence-electron chi connectivity index (χ1n) is 2.22. The molecule has 4 nitrogen and oxygen atoms in total. The van der Waals surface area contributed by atoms with Crippen LogP contribution in [0.15, 0.2) is 0 Å². The Bertz CT molecular complexity index is 99.8. The van der Waals surface area contributed by atoms with Gasteiger partial charge in [0, 0.05) is 0 Å². The Labute approximate surface area is 86.9 Å². The van der Waals surface area contributed by atoms with Crippen LogP contribution in [0.5, 0.6) is 0 Å². The molecular weight excluding hydrogens is 349 g/mol. The summed E-state index contributed by atoms with van der Waals surface area (Å²) in [6, 6.07) is 0. The Morgan fingerprint density at radius 3 is 1.10 bits per heavy atom. The SMILES string of the molecule is CC(=O)[O][Sn].CC(=O)[O][Sn]. The van der Waals surface area contributed by atoms with E-state index < -0.39 is 0 Å². The molecule has 0 aliphatic carbocycles. The van der Waals surface area contributed by atoms with Gasteiger partial charge in [0.05, 0.1) is 0 Å². The van der Waals surface area contributed by atoms with Gasteiger partial charge in [-0.15, -0.1) is 0 Å². The summed E-state index contributed by atoms with van der Waals surface area (Å²) in [5.41, 5.74) is 0. The zero-order chi connectivity index (χ0) is 8.57. The van der Waals surface area contributed by atoms with Gasteiger partial charge in [-0.05, 0) is 0 Å². The second-order valence-electron chi connectivity index (χ2n) is 1.19. The molecule has 0 rings (SSSR count). The van der Waals surface area contributed by atoms with Gasteiger partial charge in [0.2, 0.25) is 0 Å². The van der Waals surface area contributed by atoms with Gasteiger partial charge < -0.3 is 0 Å². The molecule has 0 unspecified atom stereocenters. The molecule has 0 saturated heterocycles. The Balaban J connectivity index is 0. The second-order valence-corrected chi connectivity index (χ2v) is 2.35. The summed E-state index contributed by atoms with van der Waals surface area (Å²) in [7, 11) is 0. The van der Waals surface area contributed by atoms with Gasteiger partial charge in [-0.2, -0.15) is 0 Å². The van der Waals surface area contributed by atoms with Crippen LogP contribution in [0.4, 0.5) is 0 Å². The number of hydrogen-bond acceptors (Lipinski definition) is 4. The molecule has 0 aromatic carbocycles. The third kappa shape index (κ3) is 23.6. The van der Waals surface area contributed by atoms with Gasteiger partial charge in [0.25, 0.3) is 0 Å². The fourth-order valence-corrected chi connectivity index (χ4v) is 0. The monoisotopic (exact) mass is 358 g/mol. The zero-order valence-electron chi connectivity index (χ0n) is 5.63. The van der Waals surface area contributed by atoms with E-state index in [0.717, 1.165) is 45.9 Å². The fourth-order valence-electron chi connectivity index (χ4n) is 0. The molecule has 0 fully saturated rings. The molecule has 0 N–H and O–H groups in total. The van der Waals surface area contributed by atoms with E-state index in [0.29, 0.717) is 0 Å². The Morgan fingerprint density at radius 1 is 1.00 bits per heavy atom. The van der Waals surface area contributed by atoms with E-state index >= 15 is 0 Å². The summed E-state index contributed by atoms with van der Waals surface area (Å²) in [6.45, 7) is 2.77. The van der Waals surface area contributed by atoms with Gasteiger partial charge in [0.1, 0.15) is 0 Å². The van der Waals surface area contributed by atoms with Crippen molar-refractivity contribution in [1.82, 2.24) is 0 Å². The molecule has 0 aromatic heterocycles. The van der Waals surface area contributed by atoms with Gasteiger partial charge in [-0.1, -0.05) is 0 Å². The van der Waals surface area contributed by atoms with Crippen molar-refractivity contribution in [1.29, 1.82) is 0 Å². The molecule has 54 valence electrons. The minimum absolute atomic E-state index is 0.205. The number of carbonyl (C=O) groups is 2. The summed E-state index contributed by atoms with van der Waals surface area (Å²) in [6.07, 6.45) is 0. The average Bonchev–Trinajstić information content (AvgIpc) is 1.89. The summed E-state index contributed by atoms with van der Waals surface area (Å²) < 4.78 is 8.40. The second kappa shape index (κ2) is 9.54. The Hall–Kier alpha value is 0.537. The molecule has 6 heteroatoms. The molecule has 0 heterocycles. The number of hydrogen-bond donors (Lipinski definition) is 0. The number of carbonyl (C=O) groups excluding carboxylic acids is 2. The van der Waals surface area contributed by atoms with Crippen LogP contribution in [0.25, 0.3) is 0 Å².